The summed E-state index contributed by atoms with van der Waals surface area (Å²) in [7, 11) is 2.03. The Morgan fingerprint density at radius 2 is 2.06 bits per heavy atom. The second-order valence-electron chi connectivity index (χ2n) is 5.05. The van der Waals surface area contributed by atoms with E-state index in [2.05, 4.69) is 17.1 Å². The second kappa shape index (κ2) is 9.86. The molecule has 1 heterocycles. The number of hydrogen-bond donors (Lipinski definition) is 1. The monoisotopic (exact) mass is 242 g/mol. The van der Waals surface area contributed by atoms with Crippen LogP contribution in [0.3, 0.4) is 0 Å². The van der Waals surface area contributed by atoms with Crippen LogP contribution in [-0.2, 0) is 4.74 Å². The van der Waals surface area contributed by atoms with Crippen LogP contribution in [-0.4, -0.2) is 50.8 Å². The number of nitrogens with one attached hydrogen (secondary N) is 1. The minimum atomic E-state index is 0.513. The fourth-order valence-electron chi connectivity index (χ4n) is 2.45. The van der Waals surface area contributed by atoms with Crippen molar-refractivity contribution in [3.63, 3.8) is 0 Å². The number of nitrogens with zero attached hydrogens (tertiary/aromatic N) is 1. The van der Waals surface area contributed by atoms with Crippen LogP contribution < -0.4 is 5.32 Å². The fraction of sp³-hybridized carbons (Fsp3) is 1.00. The van der Waals surface area contributed by atoms with Gasteiger partial charge in [-0.2, -0.15) is 0 Å². The van der Waals surface area contributed by atoms with Crippen molar-refractivity contribution in [3.8, 4) is 0 Å². The summed E-state index contributed by atoms with van der Waals surface area (Å²) >= 11 is 0. The molecule has 17 heavy (non-hydrogen) atoms. The fourth-order valence-corrected chi connectivity index (χ4v) is 2.45. The van der Waals surface area contributed by atoms with E-state index in [4.69, 9.17) is 4.74 Å². The number of hydrogen-bond acceptors (Lipinski definition) is 3. The summed E-state index contributed by atoms with van der Waals surface area (Å²) in [5.74, 6) is 0. The summed E-state index contributed by atoms with van der Waals surface area (Å²) in [6, 6.07) is 0. The molecule has 0 radical (unpaired) electrons. The van der Waals surface area contributed by atoms with Crippen LogP contribution >= 0.6 is 0 Å². The highest BCUT2D eigenvalue weighted by Gasteiger charge is 2.17. The van der Waals surface area contributed by atoms with E-state index < -0.39 is 0 Å². The van der Waals surface area contributed by atoms with E-state index in [1.807, 2.05) is 7.05 Å². The zero-order valence-corrected chi connectivity index (χ0v) is 11.7. The van der Waals surface area contributed by atoms with Crippen LogP contribution in [0.4, 0.5) is 0 Å². The number of unbranched alkanes of at least 4 members (excludes halogenated alkanes) is 3. The predicted molar refractivity (Wildman–Crippen MR) is 73.5 cm³/mol. The van der Waals surface area contributed by atoms with Crippen molar-refractivity contribution >= 4 is 0 Å². The molecule has 0 aromatic heterocycles. The van der Waals surface area contributed by atoms with Crippen molar-refractivity contribution < 1.29 is 4.74 Å². The maximum atomic E-state index is 5.69. The molecule has 1 aliphatic rings. The lowest BCUT2D eigenvalue weighted by molar-refractivity contribution is 0.0742. The minimum Gasteiger partial charge on any atom is -0.377 e. The van der Waals surface area contributed by atoms with Gasteiger partial charge < -0.3 is 15.0 Å². The Morgan fingerprint density at radius 1 is 1.24 bits per heavy atom. The van der Waals surface area contributed by atoms with Crippen molar-refractivity contribution in [1.82, 2.24) is 10.2 Å². The molecule has 1 aliphatic heterocycles. The third-order valence-corrected chi connectivity index (χ3v) is 3.58. The summed E-state index contributed by atoms with van der Waals surface area (Å²) in [6.45, 7) is 7.95. The van der Waals surface area contributed by atoms with Gasteiger partial charge >= 0.3 is 0 Å². The standard InChI is InChI=1S/C14H30N2O/c1-3-16(13-14-9-8-12-17-14)11-7-5-4-6-10-15-2/h14-15H,3-13H2,1-2H3. The van der Waals surface area contributed by atoms with Gasteiger partial charge in [-0.1, -0.05) is 19.8 Å². The van der Waals surface area contributed by atoms with Crippen LogP contribution in [0.5, 0.6) is 0 Å². The van der Waals surface area contributed by atoms with Crippen molar-refractivity contribution in [2.24, 2.45) is 0 Å². The van der Waals surface area contributed by atoms with Gasteiger partial charge in [-0.25, -0.2) is 0 Å². The van der Waals surface area contributed by atoms with Gasteiger partial charge in [0.25, 0.3) is 0 Å². The average Bonchev–Trinajstić information content (AvgIpc) is 2.85. The second-order valence-corrected chi connectivity index (χ2v) is 5.05. The molecule has 0 aliphatic carbocycles. The summed E-state index contributed by atoms with van der Waals surface area (Å²) in [6.07, 6.45) is 8.41. The van der Waals surface area contributed by atoms with Gasteiger partial charge in [-0.15, -0.1) is 0 Å². The summed E-state index contributed by atoms with van der Waals surface area (Å²) in [5.41, 5.74) is 0. The van der Waals surface area contributed by atoms with E-state index >= 15 is 0 Å². The molecule has 102 valence electrons. The van der Waals surface area contributed by atoms with Crippen molar-refractivity contribution in [3.05, 3.63) is 0 Å². The Morgan fingerprint density at radius 3 is 2.71 bits per heavy atom. The largest absolute Gasteiger partial charge is 0.377 e. The molecule has 1 saturated heterocycles. The minimum absolute atomic E-state index is 0.513. The van der Waals surface area contributed by atoms with Crippen LogP contribution in [0.25, 0.3) is 0 Å². The van der Waals surface area contributed by atoms with E-state index in [0.29, 0.717) is 6.10 Å². The van der Waals surface area contributed by atoms with Gasteiger partial charge in [0.2, 0.25) is 0 Å². The van der Waals surface area contributed by atoms with Crippen molar-refractivity contribution in [1.29, 1.82) is 0 Å². The molecule has 0 saturated carbocycles. The molecule has 1 N–H and O–H groups in total. The van der Waals surface area contributed by atoms with Crippen molar-refractivity contribution in [2.75, 3.05) is 39.8 Å². The smallest absolute Gasteiger partial charge is 0.0702 e. The molecule has 0 bridgehead atoms. The Balaban J connectivity index is 1.97. The van der Waals surface area contributed by atoms with Gasteiger partial charge in [0.05, 0.1) is 6.10 Å². The highest BCUT2D eigenvalue weighted by atomic mass is 16.5. The van der Waals surface area contributed by atoms with Crippen molar-refractivity contribution in [2.45, 2.75) is 51.6 Å². The van der Waals surface area contributed by atoms with Crippen LogP contribution in [0, 0.1) is 0 Å². The molecule has 0 spiro atoms. The number of likely N-dealkylation sites (N-methyl/N-ethyl adjacent to an activating group) is 1. The highest BCUT2D eigenvalue weighted by molar-refractivity contribution is 4.69. The first-order chi connectivity index (χ1) is 8.36. The first kappa shape index (κ1) is 14.9. The molecular weight excluding hydrogens is 212 g/mol. The van der Waals surface area contributed by atoms with Gasteiger partial charge in [0, 0.05) is 13.2 Å². The van der Waals surface area contributed by atoms with Gasteiger partial charge in [0.1, 0.15) is 0 Å². The lowest BCUT2D eigenvalue weighted by Crippen LogP contribution is -2.32. The predicted octanol–water partition coefficient (Wildman–Crippen LogP) is 2.27. The average molecular weight is 242 g/mol. The first-order valence-electron chi connectivity index (χ1n) is 7.35. The number of rotatable bonds is 10. The molecule has 1 unspecified atom stereocenters. The summed E-state index contributed by atoms with van der Waals surface area (Å²) in [4.78, 5) is 2.55. The quantitative estimate of drug-likeness (QED) is 0.595. The molecule has 3 heteroatoms. The third kappa shape index (κ3) is 7.02. The van der Waals surface area contributed by atoms with E-state index in [1.165, 1.54) is 45.1 Å². The van der Waals surface area contributed by atoms with Crippen LogP contribution in [0.2, 0.25) is 0 Å². The maximum absolute atomic E-state index is 5.69. The Bertz CT molecular complexity index is 170. The molecule has 1 rings (SSSR count). The molecule has 1 atom stereocenters. The molecule has 3 nitrogen and oxygen atoms in total. The molecule has 0 aromatic rings. The van der Waals surface area contributed by atoms with E-state index in [9.17, 15) is 0 Å². The Hall–Kier alpha value is -0.120. The zero-order valence-electron chi connectivity index (χ0n) is 11.7. The normalized spacial score (nSPS) is 20.3. The topological polar surface area (TPSA) is 24.5 Å². The molecular formula is C14H30N2O. The van der Waals surface area contributed by atoms with Gasteiger partial charge in [0.15, 0.2) is 0 Å². The van der Waals surface area contributed by atoms with Gasteiger partial charge in [-0.3, -0.25) is 0 Å². The molecule has 1 fully saturated rings. The van der Waals surface area contributed by atoms with Crippen LogP contribution in [0.15, 0.2) is 0 Å². The number of ether oxygens (including phenoxy) is 1. The van der Waals surface area contributed by atoms with E-state index in [0.717, 1.165) is 26.2 Å². The summed E-state index contributed by atoms with van der Waals surface area (Å²) in [5, 5.41) is 3.20. The SMILES string of the molecule is CCN(CCCCCCNC)CC1CCCO1. The lowest BCUT2D eigenvalue weighted by Gasteiger charge is -2.23. The maximum Gasteiger partial charge on any atom is 0.0702 e. The molecule has 0 amide bonds. The first-order valence-corrected chi connectivity index (χ1v) is 7.35. The lowest BCUT2D eigenvalue weighted by atomic mass is 10.1. The Kier molecular flexibility index (Phi) is 8.67. The van der Waals surface area contributed by atoms with E-state index in [1.54, 1.807) is 0 Å². The van der Waals surface area contributed by atoms with Crippen LogP contribution in [0.1, 0.15) is 45.4 Å². The van der Waals surface area contributed by atoms with E-state index in [-0.39, 0.29) is 0 Å². The molecule has 0 aromatic carbocycles. The third-order valence-electron chi connectivity index (χ3n) is 3.58. The summed E-state index contributed by atoms with van der Waals surface area (Å²) < 4.78 is 5.69. The highest BCUT2D eigenvalue weighted by Crippen LogP contribution is 2.13. The zero-order chi connectivity index (χ0) is 12.3. The van der Waals surface area contributed by atoms with Gasteiger partial charge in [-0.05, 0) is 52.4 Å². The Labute approximate surface area is 107 Å².